The molecule has 20 heavy (non-hydrogen) atoms. The number of hydrogen-bond acceptors (Lipinski definition) is 4. The van der Waals surface area contributed by atoms with Crippen molar-refractivity contribution >= 4 is 33.5 Å². The smallest absolute Gasteiger partial charge is 1.00 e. The summed E-state index contributed by atoms with van der Waals surface area (Å²) in [4.78, 5) is 0. The number of halogens is 1. The van der Waals surface area contributed by atoms with Crippen LogP contribution in [0.4, 0.5) is 0 Å². The first-order chi connectivity index (χ1) is 8.06. The van der Waals surface area contributed by atoms with E-state index in [1.807, 2.05) is 0 Å². The Morgan fingerprint density at radius 2 is 1.20 bits per heavy atom. The van der Waals surface area contributed by atoms with E-state index in [1.54, 1.807) is 0 Å². The predicted molar refractivity (Wildman–Crippen MR) is 73.2 cm³/mol. The monoisotopic (exact) mass is 347 g/mol. The Morgan fingerprint density at radius 3 is 1.55 bits per heavy atom. The molecule has 0 aromatic carbocycles. The molecule has 0 N–H and O–H groups in total. The molecule has 0 spiro atoms. The summed E-state index contributed by atoms with van der Waals surface area (Å²) < 4.78 is 34.5. The summed E-state index contributed by atoms with van der Waals surface area (Å²) in [6.45, 7) is 2.24. The predicted octanol–water partition coefficient (Wildman–Crippen LogP) is -2.99. The van der Waals surface area contributed by atoms with Crippen molar-refractivity contribution in [2.75, 3.05) is 6.61 Å². The van der Waals surface area contributed by atoms with Gasteiger partial charge in [0.25, 0.3) is 0 Å². The van der Waals surface area contributed by atoms with Crippen LogP contribution in [0.2, 0.25) is 0 Å². The van der Waals surface area contributed by atoms with Crippen LogP contribution >= 0.6 is 0 Å². The molecule has 0 rings (SSSR count). The maximum atomic E-state index is 10.1. The third-order valence-electron chi connectivity index (χ3n) is 2.73. The second-order valence-electron chi connectivity index (χ2n) is 4.41. The summed E-state index contributed by atoms with van der Waals surface area (Å²) >= 11 is 0. The zero-order chi connectivity index (χ0) is 13.0. The molecule has 0 bridgehead atoms. The second kappa shape index (κ2) is 20.9. The first-order valence-corrected chi connectivity index (χ1v) is 8.00. The van der Waals surface area contributed by atoms with Gasteiger partial charge < -0.3 is 17.0 Å². The van der Waals surface area contributed by atoms with Crippen molar-refractivity contribution in [2.45, 2.75) is 71.1 Å². The fraction of sp³-hybridized carbons (Fsp3) is 1.00. The van der Waals surface area contributed by atoms with E-state index in [9.17, 15) is 13.0 Å². The van der Waals surface area contributed by atoms with Gasteiger partial charge in [0.05, 0.1) is 6.61 Å². The largest absolute Gasteiger partial charge is 2.00 e. The normalized spacial score (nSPS) is 10.1. The molecule has 0 amide bonds. The first kappa shape index (κ1) is 29.9. The van der Waals surface area contributed by atoms with Crippen LogP contribution in [0.1, 0.15) is 71.1 Å². The molecular weight excluding hydrogens is 323 g/mol. The average Bonchev–Trinajstić information content (AvgIpc) is 2.24. The Balaban J connectivity index is -0.000000427. The van der Waals surface area contributed by atoms with Crippen molar-refractivity contribution in [3.63, 3.8) is 0 Å². The van der Waals surface area contributed by atoms with Crippen molar-refractivity contribution in [1.29, 1.82) is 0 Å². The van der Waals surface area contributed by atoms with Gasteiger partial charge in [0.1, 0.15) is 0 Å². The molecule has 112 valence electrons. The summed E-state index contributed by atoms with van der Waals surface area (Å²) in [5.74, 6) is 0. The summed E-state index contributed by atoms with van der Waals surface area (Å²) in [5, 5.41) is 0. The Hall–Kier alpha value is 1.93. The molecule has 0 aliphatic carbocycles. The fourth-order valence-corrected chi connectivity index (χ4v) is 2.07. The van der Waals surface area contributed by atoms with E-state index in [4.69, 9.17) is 0 Å². The van der Waals surface area contributed by atoms with Gasteiger partial charge in [-0.3, -0.25) is 4.18 Å². The van der Waals surface area contributed by atoms with Gasteiger partial charge in [-0.15, -0.1) is 0 Å². The number of rotatable bonds is 12. The van der Waals surface area contributed by atoms with Gasteiger partial charge in [0.2, 0.25) is 10.4 Å². The van der Waals surface area contributed by atoms with Crippen molar-refractivity contribution in [3.8, 4) is 0 Å². The SMILES string of the molecule is CCCCCCCCCCCCOS(=O)(=O)[O-].[Cl-].[Mg+2].[Na+]. The third kappa shape index (κ3) is 28.1. The molecule has 0 aromatic heterocycles. The molecule has 0 heterocycles. The van der Waals surface area contributed by atoms with Crippen LogP contribution in [0.25, 0.3) is 0 Å². The van der Waals surface area contributed by atoms with E-state index < -0.39 is 10.4 Å². The summed E-state index contributed by atoms with van der Waals surface area (Å²) in [6, 6.07) is 0. The molecule has 0 saturated heterocycles. The minimum absolute atomic E-state index is 0. The van der Waals surface area contributed by atoms with E-state index in [1.165, 1.54) is 44.9 Å². The molecule has 0 unspecified atom stereocenters. The molecule has 8 heteroatoms. The molecule has 0 fully saturated rings. The van der Waals surface area contributed by atoms with Crippen LogP contribution in [0, 0.1) is 0 Å². The fourth-order valence-electron chi connectivity index (χ4n) is 1.75. The van der Waals surface area contributed by atoms with E-state index in [2.05, 4.69) is 11.1 Å². The van der Waals surface area contributed by atoms with Crippen molar-refractivity contribution < 1.29 is 59.1 Å². The summed E-state index contributed by atoms with van der Waals surface area (Å²) in [5.41, 5.74) is 0. The van der Waals surface area contributed by atoms with Crippen LogP contribution in [0.15, 0.2) is 0 Å². The second-order valence-corrected chi connectivity index (χ2v) is 5.46. The molecule has 0 aliphatic rings. The van der Waals surface area contributed by atoms with E-state index in [0.29, 0.717) is 6.42 Å². The van der Waals surface area contributed by atoms with Gasteiger partial charge >= 0.3 is 52.6 Å². The first-order valence-electron chi connectivity index (χ1n) is 6.66. The molecule has 0 atom stereocenters. The van der Waals surface area contributed by atoms with E-state index >= 15 is 0 Å². The quantitative estimate of drug-likeness (QED) is 0.163. The van der Waals surface area contributed by atoms with E-state index in [0.717, 1.165) is 12.8 Å². The van der Waals surface area contributed by atoms with Crippen molar-refractivity contribution in [3.05, 3.63) is 0 Å². The van der Waals surface area contributed by atoms with Crippen LogP contribution in [0.5, 0.6) is 0 Å². The standard InChI is InChI=1S/C12H26O4S.ClH.Mg.Na/c1-2-3-4-5-6-7-8-9-10-11-12-16-17(13,14)15;;;/h2-12H2,1H3,(H,13,14,15);1H;;/q;;+2;+1/p-2. The Kier molecular flexibility index (Phi) is 31.3. The topological polar surface area (TPSA) is 66.4 Å². The summed E-state index contributed by atoms with van der Waals surface area (Å²) in [6.07, 6.45) is 11.7. The van der Waals surface area contributed by atoms with Gasteiger partial charge in [0.15, 0.2) is 0 Å². The Labute approximate surface area is 169 Å². The summed E-state index contributed by atoms with van der Waals surface area (Å²) in [7, 11) is -4.48. The van der Waals surface area contributed by atoms with Gasteiger partial charge in [-0.25, -0.2) is 8.42 Å². The van der Waals surface area contributed by atoms with E-state index in [-0.39, 0.29) is 71.6 Å². The maximum absolute atomic E-state index is 10.1. The molecule has 0 saturated carbocycles. The Morgan fingerprint density at radius 1 is 0.850 bits per heavy atom. The van der Waals surface area contributed by atoms with Crippen LogP contribution in [-0.2, 0) is 14.6 Å². The molecule has 4 nitrogen and oxygen atoms in total. The zero-order valence-electron chi connectivity index (χ0n) is 12.9. The van der Waals surface area contributed by atoms with Gasteiger partial charge in [-0.05, 0) is 6.42 Å². The van der Waals surface area contributed by atoms with Crippen LogP contribution < -0.4 is 42.0 Å². The third-order valence-corrected chi connectivity index (χ3v) is 3.18. The molecule has 0 aliphatic heterocycles. The van der Waals surface area contributed by atoms with Crippen LogP contribution in [0.3, 0.4) is 0 Å². The average molecular weight is 348 g/mol. The minimum atomic E-state index is -4.48. The van der Waals surface area contributed by atoms with Gasteiger partial charge in [0, 0.05) is 0 Å². The van der Waals surface area contributed by atoms with Crippen LogP contribution in [-0.4, -0.2) is 42.6 Å². The molecular formula is C12H25ClMgNaO4S+. The molecule has 0 radical (unpaired) electrons. The minimum Gasteiger partial charge on any atom is -1.00 e. The van der Waals surface area contributed by atoms with Gasteiger partial charge in [-0.2, -0.15) is 0 Å². The number of unbranched alkanes of at least 4 members (excludes halogenated alkanes) is 9. The molecule has 0 aromatic rings. The maximum Gasteiger partial charge on any atom is 2.00 e. The zero-order valence-corrected chi connectivity index (χ0v) is 17.9. The van der Waals surface area contributed by atoms with Crippen molar-refractivity contribution in [2.24, 2.45) is 0 Å². The number of hydrogen-bond donors (Lipinski definition) is 0. The van der Waals surface area contributed by atoms with Crippen molar-refractivity contribution in [1.82, 2.24) is 0 Å². The Bertz CT molecular complexity index is 266. The van der Waals surface area contributed by atoms with Gasteiger partial charge in [-0.1, -0.05) is 64.7 Å².